The van der Waals surface area contributed by atoms with Gasteiger partial charge in [0.15, 0.2) is 0 Å². The molecule has 0 aliphatic heterocycles. The predicted octanol–water partition coefficient (Wildman–Crippen LogP) is 2.73. The van der Waals surface area contributed by atoms with Crippen LogP contribution < -0.4 is 5.32 Å². The fourth-order valence-electron chi connectivity index (χ4n) is 1.89. The average Bonchev–Trinajstić information content (AvgIpc) is 2.75. The number of anilines is 1. The van der Waals surface area contributed by atoms with Crippen molar-refractivity contribution in [2.24, 2.45) is 0 Å². The molecular weight excluding hydrogens is 264 g/mol. The lowest BCUT2D eigenvalue weighted by Crippen LogP contribution is -2.10. The molecule has 1 N–H and O–H groups in total. The Hall–Kier alpha value is -1.95. The zero-order valence-corrected chi connectivity index (χ0v) is 11.5. The first-order valence-electron chi connectivity index (χ1n) is 6.30. The van der Waals surface area contributed by atoms with Crippen LogP contribution in [0, 0.1) is 18.6 Å². The minimum atomic E-state index is -0.580. The van der Waals surface area contributed by atoms with Crippen molar-refractivity contribution in [1.29, 1.82) is 0 Å². The number of halogens is 2. The maximum Gasteiger partial charge on any atom is 0.203 e. The van der Waals surface area contributed by atoms with Gasteiger partial charge in [0.05, 0.1) is 12.3 Å². The van der Waals surface area contributed by atoms with Crippen molar-refractivity contribution < 1.29 is 13.5 Å². The minimum Gasteiger partial charge on any atom is -0.383 e. The molecule has 1 aromatic carbocycles. The van der Waals surface area contributed by atoms with Gasteiger partial charge in [-0.05, 0) is 13.0 Å². The number of rotatable bonds is 6. The average molecular weight is 281 g/mol. The van der Waals surface area contributed by atoms with E-state index in [0.717, 1.165) is 11.8 Å². The Morgan fingerprint density at radius 3 is 2.85 bits per heavy atom. The molecule has 108 valence electrons. The molecule has 0 aliphatic rings. The first-order chi connectivity index (χ1) is 9.60. The Balaban J connectivity index is 2.06. The van der Waals surface area contributed by atoms with Crippen LogP contribution in [0.15, 0.2) is 24.4 Å². The molecule has 0 aliphatic carbocycles. The highest BCUT2D eigenvalue weighted by molar-refractivity contribution is 5.31. The topological polar surface area (TPSA) is 39.1 Å². The summed E-state index contributed by atoms with van der Waals surface area (Å²) in [6, 6.07) is 3.54. The lowest BCUT2D eigenvalue weighted by molar-refractivity contribution is 0.187. The van der Waals surface area contributed by atoms with Gasteiger partial charge >= 0.3 is 0 Å². The van der Waals surface area contributed by atoms with E-state index in [1.54, 1.807) is 7.11 Å². The van der Waals surface area contributed by atoms with Crippen LogP contribution in [0.1, 0.15) is 11.3 Å². The van der Waals surface area contributed by atoms with Gasteiger partial charge in [0.25, 0.3) is 0 Å². The molecule has 1 heterocycles. The number of ether oxygens (including phenoxy) is 1. The second-order valence-electron chi connectivity index (χ2n) is 4.48. The second kappa shape index (κ2) is 6.47. The minimum absolute atomic E-state index is 0.246. The van der Waals surface area contributed by atoms with Crippen LogP contribution in [0.25, 0.3) is 0 Å². The fraction of sp³-hybridized carbons (Fsp3) is 0.357. The number of benzene rings is 1. The van der Waals surface area contributed by atoms with Crippen molar-refractivity contribution in [3.05, 3.63) is 47.3 Å². The van der Waals surface area contributed by atoms with Crippen LogP contribution in [0.5, 0.6) is 0 Å². The predicted molar refractivity (Wildman–Crippen MR) is 72.5 cm³/mol. The quantitative estimate of drug-likeness (QED) is 0.885. The van der Waals surface area contributed by atoms with Crippen molar-refractivity contribution >= 4 is 5.95 Å². The van der Waals surface area contributed by atoms with E-state index >= 15 is 0 Å². The Kier molecular flexibility index (Phi) is 4.68. The summed E-state index contributed by atoms with van der Waals surface area (Å²) in [4.78, 5) is 4.33. The third-order valence-electron chi connectivity index (χ3n) is 2.89. The zero-order valence-electron chi connectivity index (χ0n) is 11.5. The number of imidazole rings is 1. The van der Waals surface area contributed by atoms with Gasteiger partial charge < -0.3 is 14.6 Å². The van der Waals surface area contributed by atoms with Crippen LogP contribution in [0.4, 0.5) is 14.7 Å². The summed E-state index contributed by atoms with van der Waals surface area (Å²) >= 11 is 0. The standard InChI is InChI=1S/C14H17F2N3O/c1-10-9-19(5-6-20-2)14(18-10)17-8-11-3-4-12(15)7-13(11)16/h3-4,7,9H,5-6,8H2,1-2H3,(H,17,18). The maximum atomic E-state index is 13.5. The number of hydrogen-bond donors (Lipinski definition) is 1. The first-order valence-corrected chi connectivity index (χ1v) is 6.30. The molecule has 2 aromatic rings. The largest absolute Gasteiger partial charge is 0.383 e. The van der Waals surface area contributed by atoms with Crippen molar-refractivity contribution in [2.75, 3.05) is 19.0 Å². The van der Waals surface area contributed by atoms with Crippen molar-refractivity contribution in [1.82, 2.24) is 9.55 Å². The number of methoxy groups -OCH3 is 1. The molecule has 4 nitrogen and oxygen atoms in total. The molecule has 6 heteroatoms. The SMILES string of the molecule is COCCn1cc(C)nc1NCc1ccc(F)cc1F. The number of aryl methyl sites for hydroxylation is 1. The highest BCUT2D eigenvalue weighted by atomic mass is 19.1. The van der Waals surface area contributed by atoms with Gasteiger partial charge in [-0.1, -0.05) is 6.07 Å². The summed E-state index contributed by atoms with van der Waals surface area (Å²) in [6.07, 6.45) is 1.89. The third-order valence-corrected chi connectivity index (χ3v) is 2.89. The summed E-state index contributed by atoms with van der Waals surface area (Å²) in [5.41, 5.74) is 1.26. The van der Waals surface area contributed by atoms with Gasteiger partial charge in [-0.2, -0.15) is 0 Å². The van der Waals surface area contributed by atoms with Gasteiger partial charge in [-0.15, -0.1) is 0 Å². The number of aromatic nitrogens is 2. The first kappa shape index (κ1) is 14.5. The van der Waals surface area contributed by atoms with Crippen LogP contribution in [-0.4, -0.2) is 23.3 Å². The highest BCUT2D eigenvalue weighted by Crippen LogP contribution is 2.13. The summed E-state index contributed by atoms with van der Waals surface area (Å²) in [7, 11) is 1.63. The Labute approximate surface area is 116 Å². The van der Waals surface area contributed by atoms with Gasteiger partial charge in [-0.3, -0.25) is 0 Å². The Bertz CT molecular complexity index is 584. The molecule has 0 saturated heterocycles. The normalized spacial score (nSPS) is 10.8. The number of nitrogens with zero attached hydrogens (tertiary/aromatic N) is 2. The molecule has 2 rings (SSSR count). The van der Waals surface area contributed by atoms with E-state index in [1.165, 1.54) is 12.1 Å². The summed E-state index contributed by atoms with van der Waals surface area (Å²) in [6.45, 7) is 3.35. The molecular formula is C14H17F2N3O. The van der Waals surface area contributed by atoms with E-state index in [1.807, 2.05) is 17.7 Å². The zero-order chi connectivity index (χ0) is 14.5. The van der Waals surface area contributed by atoms with Gasteiger partial charge in [-0.25, -0.2) is 13.8 Å². The molecule has 1 aromatic heterocycles. The van der Waals surface area contributed by atoms with E-state index in [9.17, 15) is 8.78 Å². The molecule has 0 spiro atoms. The lowest BCUT2D eigenvalue weighted by atomic mass is 10.2. The van der Waals surface area contributed by atoms with E-state index in [2.05, 4.69) is 10.3 Å². The number of hydrogen-bond acceptors (Lipinski definition) is 3. The monoisotopic (exact) mass is 281 g/mol. The Morgan fingerprint density at radius 2 is 2.15 bits per heavy atom. The Morgan fingerprint density at radius 1 is 1.35 bits per heavy atom. The molecule has 0 fully saturated rings. The van der Waals surface area contributed by atoms with Crippen LogP contribution in [-0.2, 0) is 17.8 Å². The van der Waals surface area contributed by atoms with Gasteiger partial charge in [0.2, 0.25) is 5.95 Å². The second-order valence-corrected chi connectivity index (χ2v) is 4.48. The molecule has 0 atom stereocenters. The molecule has 0 bridgehead atoms. The van der Waals surface area contributed by atoms with Crippen LogP contribution in [0.3, 0.4) is 0 Å². The smallest absolute Gasteiger partial charge is 0.203 e. The number of nitrogens with one attached hydrogen (secondary N) is 1. The molecule has 20 heavy (non-hydrogen) atoms. The lowest BCUT2D eigenvalue weighted by Gasteiger charge is -2.10. The van der Waals surface area contributed by atoms with E-state index in [-0.39, 0.29) is 6.54 Å². The molecule has 0 unspecified atom stereocenters. The summed E-state index contributed by atoms with van der Waals surface area (Å²) in [5, 5.41) is 3.05. The highest BCUT2D eigenvalue weighted by Gasteiger charge is 2.08. The maximum absolute atomic E-state index is 13.5. The van der Waals surface area contributed by atoms with E-state index < -0.39 is 11.6 Å². The van der Waals surface area contributed by atoms with Crippen molar-refractivity contribution in [2.45, 2.75) is 20.0 Å². The summed E-state index contributed by atoms with van der Waals surface area (Å²) < 4.78 is 33.3. The molecule has 0 saturated carbocycles. The third kappa shape index (κ3) is 3.54. The van der Waals surface area contributed by atoms with Gasteiger partial charge in [0.1, 0.15) is 11.6 Å². The van der Waals surface area contributed by atoms with E-state index in [4.69, 9.17) is 4.74 Å². The van der Waals surface area contributed by atoms with Gasteiger partial charge in [0, 0.05) is 38.0 Å². The summed E-state index contributed by atoms with van der Waals surface area (Å²) in [5.74, 6) is -0.504. The van der Waals surface area contributed by atoms with Crippen LogP contribution >= 0.6 is 0 Å². The molecule has 0 amide bonds. The van der Waals surface area contributed by atoms with E-state index in [0.29, 0.717) is 24.7 Å². The fourth-order valence-corrected chi connectivity index (χ4v) is 1.89. The van der Waals surface area contributed by atoms with Crippen molar-refractivity contribution in [3.8, 4) is 0 Å². The van der Waals surface area contributed by atoms with Crippen molar-refractivity contribution in [3.63, 3.8) is 0 Å². The van der Waals surface area contributed by atoms with Crippen LogP contribution in [0.2, 0.25) is 0 Å². The molecule has 0 radical (unpaired) electrons.